The molecule has 0 fully saturated rings. The van der Waals surface area contributed by atoms with E-state index in [1.807, 2.05) is 12.1 Å². The molecule has 1 aliphatic rings. The Balaban J connectivity index is 2.12. The summed E-state index contributed by atoms with van der Waals surface area (Å²) in [4.78, 5) is 23.3. The summed E-state index contributed by atoms with van der Waals surface area (Å²) in [5.74, 6) is -1.13. The van der Waals surface area contributed by atoms with Gasteiger partial charge in [0, 0.05) is 24.3 Å². The standard InChI is InChI=1S/C15H20N2O3/c1-15(2,14(19)20)9-17-13(18)11-5-3-7-12-10(11)6-4-8-16-12/h3,5,7,16H,4,6,8-9H2,1-2H3,(H,17,18)(H,19,20). The summed E-state index contributed by atoms with van der Waals surface area (Å²) >= 11 is 0. The molecule has 1 heterocycles. The first-order valence-corrected chi connectivity index (χ1v) is 6.79. The van der Waals surface area contributed by atoms with Crippen LogP contribution >= 0.6 is 0 Å². The van der Waals surface area contributed by atoms with Gasteiger partial charge in [-0.2, -0.15) is 0 Å². The molecule has 0 aliphatic carbocycles. The molecule has 1 aromatic rings. The van der Waals surface area contributed by atoms with Crippen molar-refractivity contribution >= 4 is 17.6 Å². The summed E-state index contributed by atoms with van der Waals surface area (Å²) in [6, 6.07) is 5.59. The number of amides is 1. The quantitative estimate of drug-likeness (QED) is 0.784. The number of carboxylic acid groups (broad SMARTS) is 1. The number of rotatable bonds is 4. The zero-order valence-electron chi connectivity index (χ0n) is 11.8. The van der Waals surface area contributed by atoms with Gasteiger partial charge in [0.05, 0.1) is 5.41 Å². The molecule has 0 unspecified atom stereocenters. The van der Waals surface area contributed by atoms with Gasteiger partial charge in [0.2, 0.25) is 0 Å². The number of benzene rings is 1. The van der Waals surface area contributed by atoms with E-state index in [1.165, 1.54) is 0 Å². The molecule has 5 nitrogen and oxygen atoms in total. The largest absolute Gasteiger partial charge is 0.481 e. The molecular formula is C15H20N2O3. The van der Waals surface area contributed by atoms with Gasteiger partial charge >= 0.3 is 5.97 Å². The van der Waals surface area contributed by atoms with E-state index in [0.717, 1.165) is 30.6 Å². The lowest BCUT2D eigenvalue weighted by atomic mass is 9.93. The highest BCUT2D eigenvalue weighted by Gasteiger charge is 2.28. The number of aliphatic carboxylic acids is 1. The third kappa shape index (κ3) is 2.92. The average molecular weight is 276 g/mol. The van der Waals surface area contributed by atoms with E-state index in [1.54, 1.807) is 19.9 Å². The van der Waals surface area contributed by atoms with Gasteiger partial charge in [0.25, 0.3) is 5.91 Å². The maximum atomic E-state index is 12.3. The lowest BCUT2D eigenvalue weighted by Gasteiger charge is -2.22. The number of carbonyl (C=O) groups is 2. The Morgan fingerprint density at radius 1 is 1.40 bits per heavy atom. The van der Waals surface area contributed by atoms with Crippen molar-refractivity contribution in [3.8, 4) is 0 Å². The van der Waals surface area contributed by atoms with E-state index in [9.17, 15) is 9.59 Å². The van der Waals surface area contributed by atoms with Crippen LogP contribution in [0.2, 0.25) is 0 Å². The van der Waals surface area contributed by atoms with E-state index in [-0.39, 0.29) is 12.5 Å². The normalized spacial score (nSPS) is 14.1. The highest BCUT2D eigenvalue weighted by atomic mass is 16.4. The number of carboxylic acids is 1. The minimum Gasteiger partial charge on any atom is -0.481 e. The first-order chi connectivity index (χ1) is 9.42. The Morgan fingerprint density at radius 3 is 2.85 bits per heavy atom. The van der Waals surface area contributed by atoms with Crippen molar-refractivity contribution in [2.24, 2.45) is 5.41 Å². The van der Waals surface area contributed by atoms with Crippen LogP contribution in [0.3, 0.4) is 0 Å². The van der Waals surface area contributed by atoms with Crippen LogP contribution in [0.1, 0.15) is 36.2 Å². The van der Waals surface area contributed by atoms with E-state index < -0.39 is 11.4 Å². The number of fused-ring (bicyclic) bond motifs is 1. The molecule has 5 heteroatoms. The molecule has 0 aromatic heterocycles. The third-order valence-corrected chi connectivity index (χ3v) is 3.61. The van der Waals surface area contributed by atoms with Gasteiger partial charge in [-0.1, -0.05) is 6.07 Å². The van der Waals surface area contributed by atoms with E-state index in [0.29, 0.717) is 5.56 Å². The van der Waals surface area contributed by atoms with E-state index in [4.69, 9.17) is 5.11 Å². The van der Waals surface area contributed by atoms with Crippen molar-refractivity contribution in [2.75, 3.05) is 18.4 Å². The minimum atomic E-state index is -0.969. The summed E-state index contributed by atoms with van der Waals surface area (Å²) in [6.45, 7) is 4.22. The fraction of sp³-hybridized carbons (Fsp3) is 0.467. The Kier molecular flexibility index (Phi) is 3.97. The smallest absolute Gasteiger partial charge is 0.310 e. The van der Waals surface area contributed by atoms with Gasteiger partial charge < -0.3 is 15.7 Å². The van der Waals surface area contributed by atoms with Gasteiger partial charge in [-0.15, -0.1) is 0 Å². The van der Waals surface area contributed by atoms with Crippen LogP contribution in [0.4, 0.5) is 5.69 Å². The van der Waals surface area contributed by atoms with Crippen molar-refractivity contribution < 1.29 is 14.7 Å². The molecule has 0 atom stereocenters. The highest BCUT2D eigenvalue weighted by molar-refractivity contribution is 5.97. The number of hydrogen-bond acceptors (Lipinski definition) is 3. The number of nitrogens with one attached hydrogen (secondary N) is 2. The Labute approximate surface area is 118 Å². The number of anilines is 1. The summed E-state index contributed by atoms with van der Waals surface area (Å²) in [6.07, 6.45) is 1.87. The molecule has 0 spiro atoms. The first kappa shape index (κ1) is 14.4. The first-order valence-electron chi connectivity index (χ1n) is 6.79. The van der Waals surface area contributed by atoms with Crippen molar-refractivity contribution in [1.29, 1.82) is 0 Å². The topological polar surface area (TPSA) is 78.4 Å². The fourth-order valence-electron chi connectivity index (χ4n) is 2.19. The van der Waals surface area contributed by atoms with Crippen LogP contribution in [0, 0.1) is 5.41 Å². The SMILES string of the molecule is CC(C)(CNC(=O)c1cccc2c1CCCN2)C(=O)O. The molecule has 1 aromatic carbocycles. The number of hydrogen-bond donors (Lipinski definition) is 3. The molecule has 0 saturated heterocycles. The zero-order valence-corrected chi connectivity index (χ0v) is 11.8. The van der Waals surface area contributed by atoms with Crippen LogP contribution in [0.15, 0.2) is 18.2 Å². The maximum absolute atomic E-state index is 12.3. The predicted octanol–water partition coefficient (Wildman–Crippen LogP) is 1.89. The summed E-state index contributed by atoms with van der Waals surface area (Å²) in [5, 5.41) is 15.1. The van der Waals surface area contributed by atoms with Gasteiger partial charge in [0.1, 0.15) is 0 Å². The zero-order chi connectivity index (χ0) is 14.8. The molecule has 108 valence electrons. The second-order valence-corrected chi connectivity index (χ2v) is 5.73. The molecule has 1 aliphatic heterocycles. The molecule has 0 saturated carbocycles. The highest BCUT2D eigenvalue weighted by Crippen LogP contribution is 2.25. The predicted molar refractivity (Wildman–Crippen MR) is 77.0 cm³/mol. The lowest BCUT2D eigenvalue weighted by molar-refractivity contribution is -0.146. The van der Waals surface area contributed by atoms with Gasteiger partial charge in [-0.3, -0.25) is 9.59 Å². The molecule has 0 bridgehead atoms. The third-order valence-electron chi connectivity index (χ3n) is 3.61. The van der Waals surface area contributed by atoms with E-state index >= 15 is 0 Å². The van der Waals surface area contributed by atoms with Crippen molar-refractivity contribution in [1.82, 2.24) is 5.32 Å². The fourth-order valence-corrected chi connectivity index (χ4v) is 2.19. The van der Waals surface area contributed by atoms with E-state index in [2.05, 4.69) is 10.6 Å². The Bertz CT molecular complexity index is 538. The lowest BCUT2D eigenvalue weighted by Crippen LogP contribution is -2.39. The average Bonchev–Trinajstić information content (AvgIpc) is 2.44. The molecule has 2 rings (SSSR count). The van der Waals surface area contributed by atoms with Gasteiger partial charge in [0.15, 0.2) is 0 Å². The molecular weight excluding hydrogens is 256 g/mol. The van der Waals surface area contributed by atoms with Gasteiger partial charge in [-0.25, -0.2) is 0 Å². The molecule has 1 amide bonds. The molecule has 3 N–H and O–H groups in total. The summed E-state index contributed by atoms with van der Waals surface area (Å²) in [5.41, 5.74) is 1.68. The minimum absolute atomic E-state index is 0.109. The summed E-state index contributed by atoms with van der Waals surface area (Å²) in [7, 11) is 0. The maximum Gasteiger partial charge on any atom is 0.310 e. The van der Waals surface area contributed by atoms with Crippen molar-refractivity contribution in [3.63, 3.8) is 0 Å². The van der Waals surface area contributed by atoms with Crippen LogP contribution in [-0.4, -0.2) is 30.1 Å². The number of carbonyl (C=O) groups excluding carboxylic acids is 1. The monoisotopic (exact) mass is 276 g/mol. The van der Waals surface area contributed by atoms with Gasteiger partial charge in [-0.05, 0) is 44.4 Å². The Hall–Kier alpha value is -2.04. The van der Waals surface area contributed by atoms with Crippen molar-refractivity contribution in [3.05, 3.63) is 29.3 Å². The van der Waals surface area contributed by atoms with Crippen LogP contribution in [0.25, 0.3) is 0 Å². The summed E-state index contributed by atoms with van der Waals surface area (Å²) < 4.78 is 0. The van der Waals surface area contributed by atoms with Crippen LogP contribution in [0.5, 0.6) is 0 Å². The Morgan fingerprint density at radius 2 is 2.15 bits per heavy atom. The molecule has 0 radical (unpaired) electrons. The van der Waals surface area contributed by atoms with Crippen LogP contribution in [-0.2, 0) is 11.2 Å². The second kappa shape index (κ2) is 5.53. The van der Waals surface area contributed by atoms with Crippen LogP contribution < -0.4 is 10.6 Å². The second-order valence-electron chi connectivity index (χ2n) is 5.73. The molecule has 20 heavy (non-hydrogen) atoms. The van der Waals surface area contributed by atoms with Crippen molar-refractivity contribution in [2.45, 2.75) is 26.7 Å².